The predicted molar refractivity (Wildman–Crippen MR) is 90.8 cm³/mol. The molecule has 21 heavy (non-hydrogen) atoms. The largest absolute Gasteiger partial charge is 0.484 e. The highest BCUT2D eigenvalue weighted by Gasteiger charge is 2.23. The lowest BCUT2D eigenvalue weighted by Gasteiger charge is -2.21. The number of fused-ring (bicyclic) bond motifs is 2. The minimum absolute atomic E-state index is 0. The van der Waals surface area contributed by atoms with E-state index in [1.54, 1.807) is 11.8 Å². The standard InChI is InChI=1S/C17H19NOS.ClH/c1-18(2)12-11-14-13-7-3-5-9-16(13)20-17-10-6-4-8-15(17)19-14;/h3-10,14H,11-12H2,1-2H3;1H. The molecule has 0 aliphatic carbocycles. The normalized spacial score (nSPS) is 16.2. The molecule has 2 aromatic carbocycles. The maximum absolute atomic E-state index is 6.29. The van der Waals surface area contributed by atoms with E-state index in [2.05, 4.69) is 61.5 Å². The number of hydrogen-bond donors (Lipinski definition) is 0. The minimum atomic E-state index is 0. The van der Waals surface area contributed by atoms with E-state index in [9.17, 15) is 0 Å². The summed E-state index contributed by atoms with van der Waals surface area (Å²) in [6.07, 6.45) is 1.13. The van der Waals surface area contributed by atoms with Crippen molar-refractivity contribution in [2.75, 3.05) is 20.6 Å². The first-order valence-electron chi connectivity index (χ1n) is 6.91. The van der Waals surface area contributed by atoms with E-state index in [1.807, 2.05) is 6.07 Å². The quantitative estimate of drug-likeness (QED) is 0.816. The number of benzene rings is 2. The van der Waals surface area contributed by atoms with E-state index in [0.29, 0.717) is 0 Å². The average molecular weight is 322 g/mol. The van der Waals surface area contributed by atoms with Crippen molar-refractivity contribution in [3.63, 3.8) is 0 Å². The maximum atomic E-state index is 6.29. The molecule has 2 aromatic rings. The van der Waals surface area contributed by atoms with Gasteiger partial charge in [-0.05, 0) is 32.3 Å². The summed E-state index contributed by atoms with van der Waals surface area (Å²) in [6, 6.07) is 16.9. The molecule has 112 valence electrons. The van der Waals surface area contributed by atoms with Crippen LogP contribution in [0.4, 0.5) is 0 Å². The third-order valence-corrected chi connectivity index (χ3v) is 4.59. The van der Waals surface area contributed by atoms with Crippen LogP contribution in [0.5, 0.6) is 5.75 Å². The highest BCUT2D eigenvalue weighted by Crippen LogP contribution is 2.44. The number of nitrogens with zero attached hydrogens (tertiary/aromatic N) is 1. The maximum Gasteiger partial charge on any atom is 0.134 e. The van der Waals surface area contributed by atoms with Gasteiger partial charge in [-0.1, -0.05) is 42.1 Å². The van der Waals surface area contributed by atoms with Crippen LogP contribution >= 0.6 is 24.2 Å². The molecule has 1 heterocycles. The summed E-state index contributed by atoms with van der Waals surface area (Å²) in [7, 11) is 4.20. The van der Waals surface area contributed by atoms with Crippen LogP contribution in [-0.2, 0) is 0 Å². The van der Waals surface area contributed by atoms with Crippen molar-refractivity contribution in [3.05, 3.63) is 54.1 Å². The lowest BCUT2D eigenvalue weighted by Crippen LogP contribution is -2.18. The molecule has 0 spiro atoms. The molecule has 1 unspecified atom stereocenters. The first kappa shape index (κ1) is 16.2. The number of rotatable bonds is 3. The summed E-state index contributed by atoms with van der Waals surface area (Å²) in [4.78, 5) is 4.71. The first-order valence-corrected chi connectivity index (χ1v) is 7.73. The summed E-state index contributed by atoms with van der Waals surface area (Å²) in [5.74, 6) is 0.998. The SMILES string of the molecule is CN(C)CCC1Oc2ccccc2Sc2ccccc21.Cl. The molecule has 0 aromatic heterocycles. The molecule has 1 aliphatic heterocycles. The zero-order chi connectivity index (χ0) is 13.9. The van der Waals surface area contributed by atoms with Gasteiger partial charge in [-0.3, -0.25) is 0 Å². The van der Waals surface area contributed by atoms with Crippen LogP contribution < -0.4 is 4.74 Å². The van der Waals surface area contributed by atoms with Crippen molar-refractivity contribution < 1.29 is 4.74 Å². The van der Waals surface area contributed by atoms with Gasteiger partial charge in [0, 0.05) is 23.4 Å². The van der Waals surface area contributed by atoms with Gasteiger partial charge >= 0.3 is 0 Å². The van der Waals surface area contributed by atoms with Crippen LogP contribution in [0.1, 0.15) is 18.1 Å². The monoisotopic (exact) mass is 321 g/mol. The van der Waals surface area contributed by atoms with E-state index in [-0.39, 0.29) is 18.5 Å². The van der Waals surface area contributed by atoms with Crippen LogP contribution in [0.15, 0.2) is 58.3 Å². The zero-order valence-electron chi connectivity index (χ0n) is 12.3. The van der Waals surface area contributed by atoms with Crippen molar-refractivity contribution in [1.82, 2.24) is 4.90 Å². The Morgan fingerprint density at radius 1 is 1.00 bits per heavy atom. The van der Waals surface area contributed by atoms with Gasteiger partial charge in [0.15, 0.2) is 0 Å². The van der Waals surface area contributed by atoms with Gasteiger partial charge in [0.1, 0.15) is 11.9 Å². The van der Waals surface area contributed by atoms with Crippen LogP contribution in [0.2, 0.25) is 0 Å². The molecule has 0 saturated heterocycles. The molecule has 0 fully saturated rings. The number of para-hydroxylation sites is 1. The van der Waals surface area contributed by atoms with Gasteiger partial charge in [-0.2, -0.15) is 0 Å². The Labute approximate surface area is 136 Å². The van der Waals surface area contributed by atoms with Crippen molar-refractivity contribution in [2.45, 2.75) is 22.3 Å². The van der Waals surface area contributed by atoms with E-state index in [1.165, 1.54) is 15.4 Å². The fraction of sp³-hybridized carbons (Fsp3) is 0.294. The summed E-state index contributed by atoms with van der Waals surface area (Å²) < 4.78 is 6.29. The first-order chi connectivity index (χ1) is 9.74. The van der Waals surface area contributed by atoms with Gasteiger partial charge in [-0.25, -0.2) is 0 Å². The number of hydrogen-bond acceptors (Lipinski definition) is 3. The Bertz CT molecular complexity index is 603. The summed E-state index contributed by atoms with van der Waals surface area (Å²) in [5.41, 5.74) is 1.30. The number of halogens is 1. The van der Waals surface area contributed by atoms with Crippen molar-refractivity contribution in [1.29, 1.82) is 0 Å². The van der Waals surface area contributed by atoms with E-state index in [4.69, 9.17) is 4.74 Å². The Morgan fingerprint density at radius 2 is 1.67 bits per heavy atom. The highest BCUT2D eigenvalue weighted by molar-refractivity contribution is 7.99. The van der Waals surface area contributed by atoms with Crippen LogP contribution in [0.3, 0.4) is 0 Å². The van der Waals surface area contributed by atoms with Gasteiger partial charge in [0.05, 0.1) is 4.90 Å². The molecule has 0 bridgehead atoms. The minimum Gasteiger partial charge on any atom is -0.484 e. The van der Waals surface area contributed by atoms with Crippen molar-refractivity contribution in [2.24, 2.45) is 0 Å². The van der Waals surface area contributed by atoms with Gasteiger partial charge in [0.2, 0.25) is 0 Å². The van der Waals surface area contributed by atoms with Gasteiger partial charge in [0.25, 0.3) is 0 Å². The zero-order valence-corrected chi connectivity index (χ0v) is 13.9. The second-order valence-electron chi connectivity index (χ2n) is 5.29. The molecule has 0 amide bonds. The Balaban J connectivity index is 0.00000161. The molecular formula is C17H20ClNOS. The van der Waals surface area contributed by atoms with Crippen molar-refractivity contribution >= 4 is 24.2 Å². The second kappa shape index (κ2) is 7.21. The summed E-state index contributed by atoms with van der Waals surface area (Å²) in [6.45, 7) is 1.02. The van der Waals surface area contributed by atoms with Gasteiger partial charge in [-0.15, -0.1) is 12.4 Å². The average Bonchev–Trinajstić information content (AvgIpc) is 2.61. The Kier molecular flexibility index (Phi) is 5.57. The predicted octanol–water partition coefficient (Wildman–Crippen LogP) is 4.64. The summed E-state index contributed by atoms with van der Waals surface area (Å²) >= 11 is 1.80. The highest BCUT2D eigenvalue weighted by atomic mass is 35.5. The van der Waals surface area contributed by atoms with Crippen LogP contribution in [0.25, 0.3) is 0 Å². The molecule has 3 rings (SSSR count). The smallest absolute Gasteiger partial charge is 0.134 e. The van der Waals surface area contributed by atoms with E-state index >= 15 is 0 Å². The Hall–Kier alpha value is -1.16. The molecular weight excluding hydrogens is 302 g/mol. The van der Waals surface area contributed by atoms with Crippen LogP contribution in [-0.4, -0.2) is 25.5 Å². The molecule has 1 aliphatic rings. The fourth-order valence-electron chi connectivity index (χ4n) is 2.40. The molecule has 2 nitrogen and oxygen atoms in total. The lowest BCUT2D eigenvalue weighted by atomic mass is 10.1. The topological polar surface area (TPSA) is 12.5 Å². The third kappa shape index (κ3) is 3.73. The Morgan fingerprint density at radius 3 is 2.43 bits per heavy atom. The fourth-order valence-corrected chi connectivity index (χ4v) is 3.46. The molecule has 0 saturated carbocycles. The molecule has 0 N–H and O–H groups in total. The van der Waals surface area contributed by atoms with Gasteiger partial charge < -0.3 is 9.64 Å². The second-order valence-corrected chi connectivity index (χ2v) is 6.37. The summed E-state index contributed by atoms with van der Waals surface area (Å²) in [5, 5.41) is 0. The molecule has 4 heteroatoms. The van der Waals surface area contributed by atoms with Crippen molar-refractivity contribution in [3.8, 4) is 5.75 Å². The van der Waals surface area contributed by atoms with E-state index in [0.717, 1.165) is 18.7 Å². The van der Waals surface area contributed by atoms with Crippen LogP contribution in [0, 0.1) is 0 Å². The molecule has 0 radical (unpaired) electrons. The molecule has 1 atom stereocenters. The van der Waals surface area contributed by atoms with E-state index < -0.39 is 0 Å². The number of ether oxygens (including phenoxy) is 1. The lowest BCUT2D eigenvalue weighted by molar-refractivity contribution is 0.174. The third-order valence-electron chi connectivity index (χ3n) is 3.44.